The van der Waals surface area contributed by atoms with Gasteiger partial charge in [0.05, 0.1) is 5.69 Å². The van der Waals surface area contributed by atoms with Crippen molar-refractivity contribution in [1.82, 2.24) is 0 Å². The van der Waals surface area contributed by atoms with Crippen LogP contribution in [-0.2, 0) is 6.42 Å². The molecule has 2 nitrogen and oxygen atoms in total. The van der Waals surface area contributed by atoms with Crippen LogP contribution in [0.4, 0.5) is 5.69 Å². The van der Waals surface area contributed by atoms with E-state index in [1.807, 2.05) is 6.92 Å². The summed E-state index contributed by atoms with van der Waals surface area (Å²) < 4.78 is 1.20. The Kier molecular flexibility index (Phi) is 4.68. The topological polar surface area (TPSA) is 29.3 Å². The summed E-state index contributed by atoms with van der Waals surface area (Å²) in [5.74, 6) is 0.873. The Bertz CT molecular complexity index is 395. The van der Waals surface area contributed by atoms with Gasteiger partial charge in [0.1, 0.15) is 0 Å². The third-order valence-corrected chi connectivity index (χ3v) is 4.33. The molecule has 0 aliphatic carbocycles. The second kappa shape index (κ2) is 6.07. The third-order valence-electron chi connectivity index (χ3n) is 3.69. The molecule has 1 aliphatic heterocycles. The van der Waals surface area contributed by atoms with Crippen molar-refractivity contribution in [3.05, 3.63) is 28.2 Å². The fourth-order valence-electron chi connectivity index (χ4n) is 2.56. The van der Waals surface area contributed by atoms with Crippen LogP contribution in [0.1, 0.15) is 32.3 Å². The van der Waals surface area contributed by atoms with Crippen molar-refractivity contribution in [2.24, 2.45) is 11.7 Å². The summed E-state index contributed by atoms with van der Waals surface area (Å²) in [6, 6.07) is 6.88. The van der Waals surface area contributed by atoms with E-state index in [4.69, 9.17) is 5.73 Å². The van der Waals surface area contributed by atoms with Crippen molar-refractivity contribution >= 4 is 21.6 Å². The fourth-order valence-corrected chi connectivity index (χ4v) is 3.23. The zero-order valence-electron chi connectivity index (χ0n) is 11.3. The molecule has 1 atom stereocenters. The zero-order valence-corrected chi connectivity index (χ0v) is 12.9. The van der Waals surface area contributed by atoms with E-state index < -0.39 is 0 Å². The van der Waals surface area contributed by atoms with Crippen LogP contribution in [0.15, 0.2) is 22.7 Å². The van der Waals surface area contributed by atoms with Gasteiger partial charge < -0.3 is 10.6 Å². The summed E-state index contributed by atoms with van der Waals surface area (Å²) in [7, 11) is 0. The first-order chi connectivity index (χ1) is 8.56. The Morgan fingerprint density at radius 3 is 2.61 bits per heavy atom. The van der Waals surface area contributed by atoms with Crippen LogP contribution in [0.2, 0.25) is 0 Å². The minimum atomic E-state index is 0.221. The van der Waals surface area contributed by atoms with Gasteiger partial charge in [-0.05, 0) is 65.7 Å². The molecule has 100 valence electrons. The van der Waals surface area contributed by atoms with Crippen LogP contribution < -0.4 is 10.6 Å². The number of nitrogens with two attached hydrogens (primary N) is 1. The Morgan fingerprint density at radius 1 is 1.39 bits per heavy atom. The molecule has 1 aromatic rings. The first-order valence-electron chi connectivity index (χ1n) is 6.85. The number of piperidine rings is 1. The highest BCUT2D eigenvalue weighted by molar-refractivity contribution is 9.10. The molecule has 0 amide bonds. The third kappa shape index (κ3) is 3.48. The summed E-state index contributed by atoms with van der Waals surface area (Å²) in [5.41, 5.74) is 8.49. The number of hydrogen-bond acceptors (Lipinski definition) is 2. The molecule has 1 saturated heterocycles. The van der Waals surface area contributed by atoms with Crippen molar-refractivity contribution in [3.8, 4) is 0 Å². The molecule has 1 aromatic carbocycles. The highest BCUT2D eigenvalue weighted by Crippen LogP contribution is 2.30. The van der Waals surface area contributed by atoms with Crippen molar-refractivity contribution in [2.45, 2.75) is 39.2 Å². The molecule has 2 N–H and O–H groups in total. The standard InChI is InChI=1S/C15H23BrN2/c1-11-5-7-18(8-6-11)15-4-3-13(9-12(2)17)10-14(15)16/h3-4,10-12H,5-9,17H2,1-2H3. The van der Waals surface area contributed by atoms with Crippen LogP contribution in [-0.4, -0.2) is 19.1 Å². The van der Waals surface area contributed by atoms with Gasteiger partial charge >= 0.3 is 0 Å². The molecule has 0 spiro atoms. The van der Waals surface area contributed by atoms with Gasteiger partial charge in [0, 0.05) is 23.6 Å². The number of hydrogen-bond donors (Lipinski definition) is 1. The number of anilines is 1. The summed E-state index contributed by atoms with van der Waals surface area (Å²) in [4.78, 5) is 2.49. The average molecular weight is 311 g/mol. The van der Waals surface area contributed by atoms with Crippen LogP contribution in [0.25, 0.3) is 0 Å². The molecule has 1 aliphatic rings. The summed E-state index contributed by atoms with van der Waals surface area (Å²) >= 11 is 3.71. The van der Waals surface area contributed by atoms with Crippen molar-refractivity contribution in [2.75, 3.05) is 18.0 Å². The van der Waals surface area contributed by atoms with Crippen LogP contribution in [0.5, 0.6) is 0 Å². The van der Waals surface area contributed by atoms with Gasteiger partial charge in [-0.25, -0.2) is 0 Å². The number of benzene rings is 1. The summed E-state index contributed by atoms with van der Waals surface area (Å²) in [5, 5.41) is 0. The largest absolute Gasteiger partial charge is 0.371 e. The lowest BCUT2D eigenvalue weighted by Gasteiger charge is -2.33. The number of halogens is 1. The molecule has 0 radical (unpaired) electrons. The predicted molar refractivity (Wildman–Crippen MR) is 82.1 cm³/mol. The van der Waals surface area contributed by atoms with Gasteiger partial charge in [0.2, 0.25) is 0 Å². The Labute approximate surface area is 119 Å². The monoisotopic (exact) mass is 310 g/mol. The summed E-state index contributed by atoms with van der Waals surface area (Å²) in [6.07, 6.45) is 3.54. The number of rotatable bonds is 3. The van der Waals surface area contributed by atoms with E-state index in [9.17, 15) is 0 Å². The summed E-state index contributed by atoms with van der Waals surface area (Å²) in [6.45, 7) is 6.74. The van der Waals surface area contributed by atoms with E-state index in [1.165, 1.54) is 41.7 Å². The lowest BCUT2D eigenvalue weighted by atomic mass is 9.98. The molecule has 0 aromatic heterocycles. The number of nitrogens with zero attached hydrogens (tertiary/aromatic N) is 1. The van der Waals surface area contributed by atoms with Crippen molar-refractivity contribution in [1.29, 1.82) is 0 Å². The first-order valence-corrected chi connectivity index (χ1v) is 7.64. The molecule has 0 saturated carbocycles. The minimum Gasteiger partial charge on any atom is -0.371 e. The van der Waals surface area contributed by atoms with E-state index in [2.05, 4.69) is 46.0 Å². The highest BCUT2D eigenvalue weighted by Gasteiger charge is 2.17. The van der Waals surface area contributed by atoms with Gasteiger partial charge in [-0.1, -0.05) is 13.0 Å². The van der Waals surface area contributed by atoms with E-state index in [-0.39, 0.29) is 6.04 Å². The molecule has 3 heteroatoms. The minimum absolute atomic E-state index is 0.221. The van der Waals surface area contributed by atoms with Crippen LogP contribution in [0, 0.1) is 5.92 Å². The van der Waals surface area contributed by atoms with Crippen LogP contribution >= 0.6 is 15.9 Å². The van der Waals surface area contributed by atoms with E-state index in [0.717, 1.165) is 12.3 Å². The van der Waals surface area contributed by atoms with Gasteiger partial charge in [-0.15, -0.1) is 0 Å². The van der Waals surface area contributed by atoms with Gasteiger partial charge in [-0.3, -0.25) is 0 Å². The predicted octanol–water partition coefficient (Wildman–Crippen LogP) is 3.58. The second-order valence-electron chi connectivity index (χ2n) is 5.64. The maximum Gasteiger partial charge on any atom is 0.0510 e. The maximum absolute atomic E-state index is 5.84. The molecule has 1 unspecified atom stereocenters. The molecule has 0 bridgehead atoms. The van der Waals surface area contributed by atoms with Gasteiger partial charge in [-0.2, -0.15) is 0 Å². The van der Waals surface area contributed by atoms with E-state index in [1.54, 1.807) is 0 Å². The molecule has 18 heavy (non-hydrogen) atoms. The zero-order chi connectivity index (χ0) is 13.1. The first kappa shape index (κ1) is 13.9. The van der Waals surface area contributed by atoms with Crippen molar-refractivity contribution in [3.63, 3.8) is 0 Å². The Balaban J connectivity index is 2.09. The Morgan fingerprint density at radius 2 is 2.06 bits per heavy atom. The average Bonchev–Trinajstić information content (AvgIpc) is 2.30. The highest BCUT2D eigenvalue weighted by atomic mass is 79.9. The normalized spacial score (nSPS) is 19.0. The molecule has 1 heterocycles. The van der Waals surface area contributed by atoms with Gasteiger partial charge in [0.15, 0.2) is 0 Å². The molecule has 1 fully saturated rings. The van der Waals surface area contributed by atoms with Crippen molar-refractivity contribution < 1.29 is 0 Å². The fraction of sp³-hybridized carbons (Fsp3) is 0.600. The van der Waals surface area contributed by atoms with Crippen LogP contribution in [0.3, 0.4) is 0 Å². The quantitative estimate of drug-likeness (QED) is 0.924. The SMILES string of the molecule is CC(N)Cc1ccc(N2CCC(C)CC2)c(Br)c1. The lowest BCUT2D eigenvalue weighted by Crippen LogP contribution is -2.33. The van der Waals surface area contributed by atoms with Gasteiger partial charge in [0.25, 0.3) is 0 Å². The molecule has 2 rings (SSSR count). The van der Waals surface area contributed by atoms with E-state index >= 15 is 0 Å². The lowest BCUT2D eigenvalue weighted by molar-refractivity contribution is 0.438. The smallest absolute Gasteiger partial charge is 0.0510 e. The van der Waals surface area contributed by atoms with E-state index in [0.29, 0.717) is 0 Å². The molecular weight excluding hydrogens is 288 g/mol. The Hall–Kier alpha value is -0.540. The maximum atomic E-state index is 5.84. The molecular formula is C15H23BrN2. The second-order valence-corrected chi connectivity index (χ2v) is 6.49.